The summed E-state index contributed by atoms with van der Waals surface area (Å²) in [5.74, 6) is -2.27. The highest BCUT2D eigenvalue weighted by molar-refractivity contribution is 5.98. The van der Waals surface area contributed by atoms with Crippen molar-refractivity contribution in [2.24, 2.45) is 0 Å². The Morgan fingerprint density at radius 2 is 2.08 bits per heavy atom. The first-order valence-electron chi connectivity index (χ1n) is 10.8. The summed E-state index contributed by atoms with van der Waals surface area (Å²) in [4.78, 5) is 40.6. The molecule has 0 unspecified atom stereocenters. The summed E-state index contributed by atoms with van der Waals surface area (Å²) in [5, 5.41) is 2.45. The molecule has 1 aromatic rings. The molecule has 1 aliphatic heterocycles. The van der Waals surface area contributed by atoms with E-state index in [1.807, 2.05) is 0 Å². The molecule has 3 atom stereocenters. The Labute approximate surface area is 204 Å². The van der Waals surface area contributed by atoms with Crippen molar-refractivity contribution in [1.82, 2.24) is 10.3 Å². The molecule has 1 amide bonds. The molecule has 0 bridgehead atoms. The van der Waals surface area contributed by atoms with E-state index in [2.05, 4.69) is 10.3 Å². The van der Waals surface area contributed by atoms with E-state index in [1.165, 1.54) is 33.2 Å². The van der Waals surface area contributed by atoms with Crippen molar-refractivity contribution < 1.29 is 56.0 Å². The smallest absolute Gasteiger partial charge is 0.409 e. The largest absolute Gasteiger partial charge is 0.493 e. The van der Waals surface area contributed by atoms with Crippen LogP contribution in [0.3, 0.4) is 0 Å². The van der Waals surface area contributed by atoms with E-state index in [1.54, 1.807) is 0 Å². The summed E-state index contributed by atoms with van der Waals surface area (Å²) in [6.45, 7) is 1.69. The van der Waals surface area contributed by atoms with Gasteiger partial charge in [0.15, 0.2) is 23.2 Å². The van der Waals surface area contributed by atoms with Crippen molar-refractivity contribution in [2.75, 3.05) is 33.7 Å². The highest BCUT2D eigenvalue weighted by Gasteiger charge is 2.32. The number of hydrogen-bond acceptors (Lipinski definition) is 10. The number of carbonyl (C=O) groups excluding carboxylic acids is 3. The summed E-state index contributed by atoms with van der Waals surface area (Å²) in [6.07, 6.45) is -3.65. The number of rotatable bonds is 9. The number of hydrogen-bond donors (Lipinski definition) is 1. The van der Waals surface area contributed by atoms with Crippen LogP contribution in [0.2, 0.25) is 0 Å². The SMILES string of the molecule is COc1ccnc(C(=O)N[C@H]2COCC[C@@H](OC/C=C/C(F)(F)F)[C@H](C)OC2=O)c1OCOC(C)=O. The number of ether oxygens (including phenoxy) is 6. The number of halogens is 3. The van der Waals surface area contributed by atoms with Crippen LogP contribution >= 0.6 is 0 Å². The van der Waals surface area contributed by atoms with Crippen LogP contribution in [0, 0.1) is 0 Å². The van der Waals surface area contributed by atoms with E-state index in [-0.39, 0.29) is 49.5 Å². The molecule has 0 saturated carbocycles. The molecule has 1 N–H and O–H groups in total. The fraction of sp³-hybridized carbons (Fsp3) is 0.545. The van der Waals surface area contributed by atoms with Crippen molar-refractivity contribution in [2.45, 2.75) is 44.7 Å². The van der Waals surface area contributed by atoms with E-state index in [4.69, 9.17) is 28.4 Å². The molecule has 1 saturated heterocycles. The first kappa shape index (κ1) is 28.8. The van der Waals surface area contributed by atoms with E-state index in [0.29, 0.717) is 0 Å². The monoisotopic (exact) mass is 520 g/mol. The second-order valence-corrected chi connectivity index (χ2v) is 7.44. The number of amides is 1. The lowest BCUT2D eigenvalue weighted by Gasteiger charge is -2.24. The van der Waals surface area contributed by atoms with E-state index in [0.717, 1.165) is 6.08 Å². The Bertz CT molecular complexity index is 940. The van der Waals surface area contributed by atoms with Gasteiger partial charge in [0.1, 0.15) is 6.10 Å². The van der Waals surface area contributed by atoms with Crippen LogP contribution < -0.4 is 14.8 Å². The van der Waals surface area contributed by atoms with Gasteiger partial charge in [-0.25, -0.2) is 9.78 Å². The molecule has 0 aliphatic carbocycles. The molecule has 14 heteroatoms. The molecule has 36 heavy (non-hydrogen) atoms. The quantitative estimate of drug-likeness (QED) is 0.293. The third kappa shape index (κ3) is 9.34. The lowest BCUT2D eigenvalue weighted by atomic mass is 10.1. The van der Waals surface area contributed by atoms with Crippen LogP contribution in [0.15, 0.2) is 24.4 Å². The first-order chi connectivity index (χ1) is 17.0. The molecule has 1 aromatic heterocycles. The average molecular weight is 520 g/mol. The third-order valence-corrected chi connectivity index (χ3v) is 4.73. The van der Waals surface area contributed by atoms with E-state index in [9.17, 15) is 27.6 Å². The number of alkyl halides is 3. The van der Waals surface area contributed by atoms with Crippen molar-refractivity contribution >= 4 is 17.8 Å². The maximum Gasteiger partial charge on any atom is 0.409 e. The topological polar surface area (TPSA) is 132 Å². The number of carbonyl (C=O) groups is 3. The van der Waals surface area contributed by atoms with Gasteiger partial charge in [-0.3, -0.25) is 9.59 Å². The average Bonchev–Trinajstić information content (AvgIpc) is 2.86. The summed E-state index contributed by atoms with van der Waals surface area (Å²) in [7, 11) is 1.33. The van der Waals surface area contributed by atoms with Crippen LogP contribution in [0.25, 0.3) is 0 Å². The van der Waals surface area contributed by atoms with Gasteiger partial charge in [-0.2, -0.15) is 13.2 Å². The zero-order chi connectivity index (χ0) is 26.7. The van der Waals surface area contributed by atoms with Gasteiger partial charge >= 0.3 is 18.1 Å². The van der Waals surface area contributed by atoms with Gasteiger partial charge in [-0.15, -0.1) is 0 Å². The standard InChI is InChI=1S/C22H27F3N2O9/c1-13-16(33-9-4-7-22(23,24)25)6-10-32-11-15(21(30)36-13)27-20(29)18-19(35-12-34-14(2)28)17(31-3)5-8-26-18/h4-5,7-8,13,15-16H,6,9-12H2,1-3H3,(H,27,29)/b7-4+/t13-,15-,16+/m0/s1. The minimum Gasteiger partial charge on any atom is -0.493 e. The van der Waals surface area contributed by atoms with Gasteiger partial charge in [0.05, 0.1) is 26.4 Å². The van der Waals surface area contributed by atoms with E-state index < -0.39 is 49.1 Å². The second kappa shape index (κ2) is 13.6. The van der Waals surface area contributed by atoms with Crippen molar-refractivity contribution in [3.63, 3.8) is 0 Å². The van der Waals surface area contributed by atoms with Gasteiger partial charge in [0, 0.05) is 38.3 Å². The maximum absolute atomic E-state index is 12.9. The molecule has 2 rings (SSSR count). The zero-order valence-corrected chi connectivity index (χ0v) is 19.8. The Morgan fingerprint density at radius 3 is 2.75 bits per heavy atom. The highest BCUT2D eigenvalue weighted by Crippen LogP contribution is 2.29. The maximum atomic E-state index is 12.9. The normalized spacial score (nSPS) is 21.1. The Morgan fingerprint density at radius 1 is 1.33 bits per heavy atom. The number of pyridine rings is 1. The molecule has 200 valence electrons. The van der Waals surface area contributed by atoms with E-state index >= 15 is 0 Å². The number of esters is 2. The lowest BCUT2D eigenvalue weighted by Crippen LogP contribution is -2.46. The summed E-state index contributed by atoms with van der Waals surface area (Å²) in [6, 6.07) is 0.182. The van der Waals surface area contributed by atoms with Crippen LogP contribution in [0.4, 0.5) is 13.2 Å². The molecule has 0 aromatic carbocycles. The fourth-order valence-corrected chi connectivity index (χ4v) is 3.02. The number of nitrogens with one attached hydrogen (secondary N) is 1. The summed E-state index contributed by atoms with van der Waals surface area (Å²) in [5.41, 5.74) is -0.250. The molecule has 2 heterocycles. The predicted octanol–water partition coefficient (Wildman–Crippen LogP) is 1.94. The number of cyclic esters (lactones) is 1. The van der Waals surface area contributed by atoms with Crippen LogP contribution in [0.5, 0.6) is 11.5 Å². The van der Waals surface area contributed by atoms with Crippen molar-refractivity contribution in [1.29, 1.82) is 0 Å². The highest BCUT2D eigenvalue weighted by atomic mass is 19.4. The number of allylic oxidation sites excluding steroid dienone is 1. The predicted molar refractivity (Wildman–Crippen MR) is 115 cm³/mol. The first-order valence-corrected chi connectivity index (χ1v) is 10.8. The minimum atomic E-state index is -4.46. The Kier molecular flexibility index (Phi) is 10.9. The van der Waals surface area contributed by atoms with Gasteiger partial charge < -0.3 is 33.7 Å². The summed E-state index contributed by atoms with van der Waals surface area (Å²) >= 11 is 0. The molecular formula is C22H27F3N2O9. The second-order valence-electron chi connectivity index (χ2n) is 7.44. The van der Waals surface area contributed by atoms with Gasteiger partial charge in [-0.1, -0.05) is 6.08 Å². The van der Waals surface area contributed by atoms with Crippen LogP contribution in [-0.2, 0) is 28.5 Å². The van der Waals surface area contributed by atoms with Crippen LogP contribution in [0.1, 0.15) is 30.8 Å². The molecule has 11 nitrogen and oxygen atoms in total. The number of aromatic nitrogens is 1. The Hall–Kier alpha value is -3.39. The Balaban J connectivity index is 2.07. The fourth-order valence-electron chi connectivity index (χ4n) is 3.02. The van der Waals surface area contributed by atoms with Gasteiger partial charge in [-0.05, 0) is 6.92 Å². The number of nitrogens with zero attached hydrogens (tertiary/aromatic N) is 1. The zero-order valence-electron chi connectivity index (χ0n) is 19.8. The third-order valence-electron chi connectivity index (χ3n) is 4.73. The summed E-state index contributed by atoms with van der Waals surface area (Å²) < 4.78 is 68.2. The van der Waals surface area contributed by atoms with Gasteiger partial charge in [0.2, 0.25) is 6.79 Å². The van der Waals surface area contributed by atoms with Gasteiger partial charge in [0.25, 0.3) is 5.91 Å². The number of methoxy groups -OCH3 is 1. The van der Waals surface area contributed by atoms with Crippen LogP contribution in [-0.4, -0.2) is 81.0 Å². The molecular weight excluding hydrogens is 493 g/mol. The molecule has 1 fully saturated rings. The van der Waals surface area contributed by atoms with Crippen molar-refractivity contribution in [3.05, 3.63) is 30.1 Å². The molecule has 0 radical (unpaired) electrons. The molecule has 1 aliphatic rings. The van der Waals surface area contributed by atoms with Crippen molar-refractivity contribution in [3.8, 4) is 11.5 Å². The lowest BCUT2D eigenvalue weighted by molar-refractivity contribution is -0.157. The minimum absolute atomic E-state index is 0.0533. The molecule has 0 spiro atoms.